The van der Waals surface area contributed by atoms with E-state index in [-0.39, 0.29) is 17.6 Å². The highest BCUT2D eigenvalue weighted by atomic mass is 79.9. The van der Waals surface area contributed by atoms with Gasteiger partial charge in [0.05, 0.1) is 0 Å². The van der Waals surface area contributed by atoms with Crippen LogP contribution < -0.4 is 5.32 Å². The van der Waals surface area contributed by atoms with E-state index < -0.39 is 0 Å². The van der Waals surface area contributed by atoms with Gasteiger partial charge in [0.25, 0.3) is 0 Å². The lowest BCUT2D eigenvalue weighted by atomic mass is 9.95. The van der Waals surface area contributed by atoms with E-state index in [9.17, 15) is 4.79 Å². The molecule has 4 heteroatoms. The molecule has 1 N–H and O–H groups in total. The van der Waals surface area contributed by atoms with Crippen LogP contribution in [0.25, 0.3) is 0 Å². The maximum Gasteiger partial charge on any atom is 0.249 e. The van der Waals surface area contributed by atoms with Crippen molar-refractivity contribution >= 4 is 21.8 Å². The number of hydrogen-bond donors (Lipinski definition) is 1. The molecule has 1 rings (SSSR count). The standard InChI is InChI=1S/C11H20BrNO2/c1-3-11(4-2,8-12)13-10(14)9-6-5-7-15-9/h9H,3-8H2,1-2H3,(H,13,14). The molecule has 88 valence electrons. The van der Waals surface area contributed by atoms with Gasteiger partial charge in [-0.2, -0.15) is 0 Å². The predicted molar refractivity (Wildman–Crippen MR) is 64.2 cm³/mol. The molecule has 3 nitrogen and oxygen atoms in total. The van der Waals surface area contributed by atoms with E-state index in [0.29, 0.717) is 0 Å². The highest BCUT2D eigenvalue weighted by Crippen LogP contribution is 2.20. The lowest BCUT2D eigenvalue weighted by Crippen LogP contribution is -2.52. The van der Waals surface area contributed by atoms with Crippen LogP contribution in [0.1, 0.15) is 39.5 Å². The fourth-order valence-corrected chi connectivity index (χ4v) is 2.71. The van der Waals surface area contributed by atoms with Crippen LogP contribution in [0.3, 0.4) is 0 Å². The molecule has 0 aromatic rings. The predicted octanol–water partition coefficient (Wildman–Crippen LogP) is 2.24. The number of halogens is 1. The Balaban J connectivity index is 2.53. The van der Waals surface area contributed by atoms with Crippen molar-refractivity contribution in [3.63, 3.8) is 0 Å². The van der Waals surface area contributed by atoms with Gasteiger partial charge in [0.15, 0.2) is 0 Å². The zero-order valence-corrected chi connectivity index (χ0v) is 11.1. The summed E-state index contributed by atoms with van der Waals surface area (Å²) in [7, 11) is 0. The Bertz CT molecular complexity index is 202. The van der Waals surface area contributed by atoms with E-state index in [1.54, 1.807) is 0 Å². The highest BCUT2D eigenvalue weighted by Gasteiger charge is 2.31. The molecule has 1 unspecified atom stereocenters. The third-order valence-corrected chi connectivity index (χ3v) is 4.29. The van der Waals surface area contributed by atoms with Crippen molar-refractivity contribution in [2.24, 2.45) is 0 Å². The van der Waals surface area contributed by atoms with Gasteiger partial charge in [-0.25, -0.2) is 0 Å². The molecule has 0 aromatic heterocycles. The first-order chi connectivity index (χ1) is 7.17. The molecule has 1 heterocycles. The summed E-state index contributed by atoms with van der Waals surface area (Å²) in [4.78, 5) is 11.9. The fraction of sp³-hybridized carbons (Fsp3) is 0.909. The molecule has 1 amide bonds. The molecule has 1 aliphatic rings. The lowest BCUT2D eigenvalue weighted by molar-refractivity contribution is -0.131. The number of hydrogen-bond acceptors (Lipinski definition) is 2. The van der Waals surface area contributed by atoms with Crippen molar-refractivity contribution in [1.82, 2.24) is 5.32 Å². The van der Waals surface area contributed by atoms with Gasteiger partial charge in [-0.3, -0.25) is 4.79 Å². The minimum Gasteiger partial charge on any atom is -0.368 e. The van der Waals surface area contributed by atoms with Crippen LogP contribution in [0.2, 0.25) is 0 Å². The zero-order valence-electron chi connectivity index (χ0n) is 9.51. The first kappa shape index (κ1) is 13.0. The molecule has 1 fully saturated rings. The van der Waals surface area contributed by atoms with E-state index in [4.69, 9.17) is 4.74 Å². The van der Waals surface area contributed by atoms with Crippen molar-refractivity contribution in [1.29, 1.82) is 0 Å². The number of nitrogens with one attached hydrogen (secondary N) is 1. The third-order valence-electron chi connectivity index (χ3n) is 3.22. The number of carbonyl (C=O) groups excluding carboxylic acids is 1. The Morgan fingerprint density at radius 1 is 1.53 bits per heavy atom. The van der Waals surface area contributed by atoms with Crippen LogP contribution in [0, 0.1) is 0 Å². The van der Waals surface area contributed by atoms with Crippen LogP contribution in [-0.2, 0) is 9.53 Å². The van der Waals surface area contributed by atoms with Crippen molar-refractivity contribution in [3.8, 4) is 0 Å². The molecule has 1 saturated heterocycles. The zero-order chi connectivity index (χ0) is 11.3. The van der Waals surface area contributed by atoms with Gasteiger partial charge >= 0.3 is 0 Å². The molecule has 0 aliphatic carbocycles. The number of ether oxygens (including phenoxy) is 1. The topological polar surface area (TPSA) is 38.3 Å². The summed E-state index contributed by atoms with van der Waals surface area (Å²) in [5.74, 6) is 0.0515. The van der Waals surface area contributed by atoms with E-state index in [1.165, 1.54) is 0 Å². The number of amides is 1. The molecule has 0 radical (unpaired) electrons. The van der Waals surface area contributed by atoms with Gasteiger partial charge in [-0.1, -0.05) is 29.8 Å². The Morgan fingerprint density at radius 2 is 2.20 bits per heavy atom. The molecule has 15 heavy (non-hydrogen) atoms. The number of alkyl halides is 1. The Kier molecular flexibility index (Phi) is 5.06. The van der Waals surface area contributed by atoms with E-state index in [0.717, 1.165) is 37.6 Å². The second-order valence-electron chi connectivity index (χ2n) is 4.11. The van der Waals surface area contributed by atoms with Crippen LogP contribution in [0.15, 0.2) is 0 Å². The Labute approximate surface area is 100 Å². The largest absolute Gasteiger partial charge is 0.368 e. The monoisotopic (exact) mass is 277 g/mol. The third kappa shape index (κ3) is 3.18. The van der Waals surface area contributed by atoms with Gasteiger partial charge in [0.1, 0.15) is 6.10 Å². The van der Waals surface area contributed by atoms with Gasteiger partial charge in [0.2, 0.25) is 5.91 Å². The summed E-state index contributed by atoms with van der Waals surface area (Å²) in [5.41, 5.74) is -0.108. The summed E-state index contributed by atoms with van der Waals surface area (Å²) < 4.78 is 5.37. The second kappa shape index (κ2) is 5.85. The molecule has 1 aliphatic heterocycles. The minimum atomic E-state index is -0.221. The van der Waals surface area contributed by atoms with E-state index >= 15 is 0 Å². The summed E-state index contributed by atoms with van der Waals surface area (Å²) in [6.07, 6.45) is 3.51. The normalized spacial score (nSPS) is 21.7. The van der Waals surface area contributed by atoms with Crippen molar-refractivity contribution < 1.29 is 9.53 Å². The Hall–Kier alpha value is -0.0900. The summed E-state index contributed by atoms with van der Waals surface area (Å²) in [5, 5.41) is 3.91. The maximum atomic E-state index is 11.9. The van der Waals surface area contributed by atoms with Crippen molar-refractivity contribution in [3.05, 3.63) is 0 Å². The van der Waals surface area contributed by atoms with Crippen molar-refractivity contribution in [2.45, 2.75) is 51.2 Å². The number of carbonyl (C=O) groups is 1. The molecular formula is C11H20BrNO2. The molecule has 0 spiro atoms. The van der Waals surface area contributed by atoms with Crippen LogP contribution in [0.5, 0.6) is 0 Å². The molecule has 0 saturated carbocycles. The van der Waals surface area contributed by atoms with Crippen LogP contribution in [0.4, 0.5) is 0 Å². The second-order valence-corrected chi connectivity index (χ2v) is 4.67. The van der Waals surface area contributed by atoms with Gasteiger partial charge in [-0.05, 0) is 25.7 Å². The minimum absolute atomic E-state index is 0.0515. The summed E-state index contributed by atoms with van der Waals surface area (Å²) >= 11 is 3.47. The highest BCUT2D eigenvalue weighted by molar-refractivity contribution is 9.09. The van der Waals surface area contributed by atoms with E-state index in [1.807, 2.05) is 0 Å². The SMILES string of the molecule is CCC(CC)(CBr)NC(=O)C1CCCO1. The van der Waals surface area contributed by atoms with Gasteiger partial charge in [-0.15, -0.1) is 0 Å². The quantitative estimate of drug-likeness (QED) is 0.783. The van der Waals surface area contributed by atoms with Gasteiger partial charge < -0.3 is 10.1 Å². The molecular weight excluding hydrogens is 258 g/mol. The van der Waals surface area contributed by atoms with Crippen LogP contribution >= 0.6 is 15.9 Å². The van der Waals surface area contributed by atoms with Crippen LogP contribution in [-0.4, -0.2) is 29.5 Å². The fourth-order valence-electron chi connectivity index (χ4n) is 1.78. The molecule has 0 bridgehead atoms. The summed E-state index contributed by atoms with van der Waals surface area (Å²) in [6, 6.07) is 0. The lowest BCUT2D eigenvalue weighted by Gasteiger charge is -2.31. The maximum absolute atomic E-state index is 11.9. The van der Waals surface area contributed by atoms with Crippen molar-refractivity contribution in [2.75, 3.05) is 11.9 Å². The van der Waals surface area contributed by atoms with E-state index in [2.05, 4.69) is 35.1 Å². The smallest absolute Gasteiger partial charge is 0.249 e. The number of rotatable bonds is 5. The first-order valence-electron chi connectivity index (χ1n) is 5.67. The first-order valence-corrected chi connectivity index (χ1v) is 6.79. The molecule has 1 atom stereocenters. The van der Waals surface area contributed by atoms with Gasteiger partial charge in [0, 0.05) is 17.5 Å². The summed E-state index contributed by atoms with van der Waals surface area (Å²) in [6.45, 7) is 4.92. The average molecular weight is 278 g/mol. The average Bonchev–Trinajstić information content (AvgIpc) is 2.79. The Morgan fingerprint density at radius 3 is 2.60 bits per heavy atom. The molecule has 0 aromatic carbocycles.